The summed E-state index contributed by atoms with van der Waals surface area (Å²) in [5, 5.41) is 10.4. The van der Waals surface area contributed by atoms with E-state index in [2.05, 4.69) is 20.9 Å². The lowest BCUT2D eigenvalue weighted by Crippen LogP contribution is -2.37. The molecule has 10 nitrogen and oxygen atoms in total. The van der Waals surface area contributed by atoms with Crippen molar-refractivity contribution >= 4 is 39.5 Å². The first kappa shape index (κ1) is 25.7. The highest BCUT2D eigenvalue weighted by molar-refractivity contribution is 6.06. The number of alkyl halides is 3. The predicted octanol–water partition coefficient (Wildman–Crippen LogP) is 3.72. The summed E-state index contributed by atoms with van der Waals surface area (Å²) in [5.41, 5.74) is 1.39. The maximum atomic E-state index is 13.8. The van der Waals surface area contributed by atoms with Crippen LogP contribution in [0.5, 0.6) is 5.88 Å². The molecule has 2 fully saturated rings. The van der Waals surface area contributed by atoms with Crippen LogP contribution in [0.3, 0.4) is 0 Å². The second-order valence-electron chi connectivity index (χ2n) is 9.42. The number of benzene rings is 1. The molecule has 4 aromatic rings. The van der Waals surface area contributed by atoms with Crippen LogP contribution in [0, 0.1) is 12.3 Å². The Bertz CT molecular complexity index is 1640. The van der Waals surface area contributed by atoms with Gasteiger partial charge in [-0.05, 0) is 18.2 Å². The van der Waals surface area contributed by atoms with E-state index >= 15 is 0 Å². The van der Waals surface area contributed by atoms with Gasteiger partial charge in [0.05, 0.1) is 19.8 Å². The number of fused-ring (bicyclic) bond motifs is 3. The molecule has 0 bridgehead atoms. The largest absolute Gasteiger partial charge is 0.480 e. The van der Waals surface area contributed by atoms with E-state index in [1.54, 1.807) is 30.3 Å². The average Bonchev–Trinajstić information content (AvgIpc) is 3.54. The minimum absolute atomic E-state index is 0.0356. The van der Waals surface area contributed by atoms with Gasteiger partial charge in [0.1, 0.15) is 28.9 Å². The molecule has 2 aliphatic rings. The fourth-order valence-electron chi connectivity index (χ4n) is 5.05. The van der Waals surface area contributed by atoms with E-state index in [0.29, 0.717) is 48.5 Å². The number of carboxylic acid groups (broad SMARTS) is 1. The van der Waals surface area contributed by atoms with E-state index in [4.69, 9.17) is 20.3 Å². The molecule has 2 atom stereocenters. The van der Waals surface area contributed by atoms with Crippen molar-refractivity contribution in [1.82, 2.24) is 15.0 Å². The number of furan rings is 1. The number of aliphatic carboxylic acids is 1. The van der Waals surface area contributed by atoms with Gasteiger partial charge in [-0.2, -0.15) is 13.2 Å². The average molecular weight is 553 g/mol. The molecule has 1 aromatic carbocycles. The van der Waals surface area contributed by atoms with E-state index in [0.717, 1.165) is 0 Å². The molecule has 13 heteroatoms. The van der Waals surface area contributed by atoms with Crippen LogP contribution in [0.2, 0.25) is 0 Å². The van der Waals surface area contributed by atoms with Crippen LogP contribution in [0.1, 0.15) is 17.8 Å². The van der Waals surface area contributed by atoms with Crippen molar-refractivity contribution in [3.05, 3.63) is 47.9 Å². The highest BCUT2D eigenvalue weighted by atomic mass is 19.4. The fraction of sp³-hybridized carbons (Fsp3) is 0.333. The van der Waals surface area contributed by atoms with Gasteiger partial charge in [0.15, 0.2) is 11.4 Å². The number of halogens is 3. The zero-order chi connectivity index (χ0) is 28.0. The summed E-state index contributed by atoms with van der Waals surface area (Å²) in [6.07, 6.45) is 1.39. The third-order valence-electron chi connectivity index (χ3n) is 6.90. The second-order valence-corrected chi connectivity index (χ2v) is 9.42. The Labute approximate surface area is 225 Å². The van der Waals surface area contributed by atoms with Crippen LogP contribution < -0.4 is 14.5 Å². The lowest BCUT2D eigenvalue weighted by Gasteiger charge is -2.30. The molecule has 206 valence electrons. The van der Waals surface area contributed by atoms with Gasteiger partial charge in [0, 0.05) is 36.7 Å². The standard InChI is InChI=1S/C27H22F3N5O5/c1-2-15-11-18(34-7-9-38-10-8-34)24(31-13-15)39-16-12-19(25(36)37)35(14-16)23-22-21(32-26(33-23)27(28,29)30)17-5-3-4-6-20(17)40-22/h1,3-6,11,13,16,19H,7-10,12,14H2,(H,36,37)/t16-,19-/m0/s1. The first-order valence-electron chi connectivity index (χ1n) is 12.4. The Kier molecular flexibility index (Phi) is 6.34. The number of morpholine rings is 1. The van der Waals surface area contributed by atoms with Gasteiger partial charge in [0.2, 0.25) is 11.7 Å². The van der Waals surface area contributed by atoms with Gasteiger partial charge in [-0.1, -0.05) is 18.1 Å². The zero-order valence-corrected chi connectivity index (χ0v) is 20.9. The number of hydrogen-bond acceptors (Lipinski definition) is 9. The van der Waals surface area contributed by atoms with Crippen molar-refractivity contribution in [3.63, 3.8) is 0 Å². The monoisotopic (exact) mass is 553 g/mol. The minimum atomic E-state index is -4.87. The molecular formula is C27H22F3N5O5. The second kappa shape index (κ2) is 9.87. The molecule has 2 saturated heterocycles. The van der Waals surface area contributed by atoms with Crippen LogP contribution in [0.15, 0.2) is 40.9 Å². The van der Waals surface area contributed by atoms with Crippen LogP contribution in [-0.2, 0) is 15.7 Å². The number of nitrogens with zero attached hydrogens (tertiary/aromatic N) is 5. The van der Waals surface area contributed by atoms with Crippen molar-refractivity contribution in [2.75, 3.05) is 42.6 Å². The Morgan fingerprint density at radius 3 is 2.70 bits per heavy atom. The maximum Gasteiger partial charge on any atom is 0.451 e. The molecule has 0 radical (unpaired) electrons. The minimum Gasteiger partial charge on any atom is -0.480 e. The lowest BCUT2D eigenvalue weighted by atomic mass is 10.2. The van der Waals surface area contributed by atoms with E-state index in [-0.39, 0.29) is 35.8 Å². The van der Waals surface area contributed by atoms with E-state index in [1.165, 1.54) is 11.1 Å². The van der Waals surface area contributed by atoms with Crippen molar-refractivity contribution in [2.45, 2.75) is 24.7 Å². The number of para-hydroxylation sites is 1. The Morgan fingerprint density at radius 2 is 1.98 bits per heavy atom. The fourth-order valence-corrected chi connectivity index (χ4v) is 5.05. The van der Waals surface area contributed by atoms with Crippen LogP contribution in [0.4, 0.5) is 24.7 Å². The Balaban J connectivity index is 1.40. The van der Waals surface area contributed by atoms with Gasteiger partial charge in [-0.3, -0.25) is 0 Å². The number of anilines is 2. The quantitative estimate of drug-likeness (QED) is 0.367. The Hall–Kier alpha value is -4.57. The number of ether oxygens (including phenoxy) is 2. The Morgan fingerprint density at radius 1 is 1.20 bits per heavy atom. The molecule has 0 unspecified atom stereocenters. The number of hydrogen-bond donors (Lipinski definition) is 1. The molecule has 0 aliphatic carbocycles. The summed E-state index contributed by atoms with van der Waals surface area (Å²) >= 11 is 0. The van der Waals surface area contributed by atoms with E-state index in [1.807, 2.05) is 4.90 Å². The van der Waals surface area contributed by atoms with E-state index < -0.39 is 30.1 Å². The number of aromatic nitrogens is 3. The number of carboxylic acids is 1. The molecule has 0 spiro atoms. The molecule has 5 heterocycles. The third-order valence-corrected chi connectivity index (χ3v) is 6.90. The smallest absolute Gasteiger partial charge is 0.451 e. The highest BCUT2D eigenvalue weighted by Crippen LogP contribution is 2.40. The summed E-state index contributed by atoms with van der Waals surface area (Å²) in [7, 11) is 0. The number of rotatable bonds is 5. The number of terminal acetylenes is 1. The summed E-state index contributed by atoms with van der Waals surface area (Å²) in [6.45, 7) is 2.07. The summed E-state index contributed by atoms with van der Waals surface area (Å²) in [4.78, 5) is 27.4. The van der Waals surface area contributed by atoms with Gasteiger partial charge in [-0.15, -0.1) is 6.42 Å². The summed E-state index contributed by atoms with van der Waals surface area (Å²) in [5.74, 6) is -0.119. The highest BCUT2D eigenvalue weighted by Gasteiger charge is 2.43. The predicted molar refractivity (Wildman–Crippen MR) is 137 cm³/mol. The molecule has 3 aromatic heterocycles. The van der Waals surface area contributed by atoms with Crippen molar-refractivity contribution in [1.29, 1.82) is 0 Å². The van der Waals surface area contributed by atoms with Crippen LogP contribution in [0.25, 0.3) is 22.1 Å². The molecule has 6 rings (SSSR count). The normalized spacial score (nSPS) is 19.8. The molecule has 2 aliphatic heterocycles. The molecular weight excluding hydrogens is 531 g/mol. The van der Waals surface area contributed by atoms with Crippen LogP contribution >= 0.6 is 0 Å². The summed E-state index contributed by atoms with van der Waals surface area (Å²) in [6, 6.07) is 7.02. The first-order valence-corrected chi connectivity index (χ1v) is 12.4. The molecule has 0 amide bonds. The zero-order valence-electron chi connectivity index (χ0n) is 20.9. The van der Waals surface area contributed by atoms with E-state index in [9.17, 15) is 23.1 Å². The first-order chi connectivity index (χ1) is 19.2. The molecule has 1 N–H and O–H groups in total. The van der Waals surface area contributed by atoms with Gasteiger partial charge >= 0.3 is 12.1 Å². The van der Waals surface area contributed by atoms with Crippen molar-refractivity contribution in [3.8, 4) is 18.2 Å². The third kappa shape index (κ3) is 4.60. The maximum absolute atomic E-state index is 13.8. The molecule has 40 heavy (non-hydrogen) atoms. The number of pyridine rings is 1. The van der Waals surface area contributed by atoms with Gasteiger partial charge < -0.3 is 28.8 Å². The summed E-state index contributed by atoms with van der Waals surface area (Å²) < 4.78 is 59.0. The lowest BCUT2D eigenvalue weighted by molar-refractivity contribution is -0.144. The molecule has 0 saturated carbocycles. The van der Waals surface area contributed by atoms with Crippen molar-refractivity contribution in [2.24, 2.45) is 0 Å². The van der Waals surface area contributed by atoms with Crippen LogP contribution in [-0.4, -0.2) is 71.0 Å². The van der Waals surface area contributed by atoms with Gasteiger partial charge in [-0.25, -0.2) is 19.7 Å². The van der Waals surface area contributed by atoms with Gasteiger partial charge in [0.25, 0.3) is 0 Å². The van der Waals surface area contributed by atoms with Crippen molar-refractivity contribution < 1.29 is 37.0 Å². The topological polar surface area (TPSA) is 114 Å². The number of carbonyl (C=O) groups is 1. The SMILES string of the molecule is C#Cc1cnc(O[C@H]2C[C@@H](C(=O)O)N(c3nc(C(F)(F)F)nc4c3oc3ccccc34)C2)c(N2CCOCC2)c1.